The zero-order valence-electron chi connectivity index (χ0n) is 24.3. The molecule has 0 saturated heterocycles. The second kappa shape index (κ2) is 12.3. The van der Waals surface area contributed by atoms with Crippen molar-refractivity contribution in [2.75, 3.05) is 19.8 Å². The van der Waals surface area contributed by atoms with Crippen LogP contribution in [0.15, 0.2) is 66.9 Å². The lowest BCUT2D eigenvalue weighted by Gasteiger charge is -2.28. The lowest BCUT2D eigenvalue weighted by Crippen LogP contribution is -2.46. The Morgan fingerprint density at radius 1 is 1.02 bits per heavy atom. The van der Waals surface area contributed by atoms with Gasteiger partial charge in [-0.2, -0.15) is 13.9 Å². The van der Waals surface area contributed by atoms with Crippen molar-refractivity contribution < 1.29 is 37.3 Å². The Morgan fingerprint density at radius 2 is 1.79 bits per heavy atom. The van der Waals surface area contributed by atoms with E-state index in [1.807, 2.05) is 26.0 Å². The van der Waals surface area contributed by atoms with Gasteiger partial charge in [-0.3, -0.25) is 4.79 Å². The Bertz CT molecular complexity index is 1630. The molecule has 0 fully saturated rings. The van der Waals surface area contributed by atoms with Gasteiger partial charge >= 0.3 is 11.9 Å². The second-order valence-corrected chi connectivity index (χ2v) is 10.9. The Kier molecular flexibility index (Phi) is 8.52. The molecule has 0 unspecified atom stereocenters. The molecule has 1 aliphatic heterocycles. The van der Waals surface area contributed by atoms with E-state index in [9.17, 15) is 18.4 Å². The highest BCUT2D eigenvalue weighted by molar-refractivity contribution is 5.90. The number of aromatic nitrogens is 2. The first-order chi connectivity index (χ1) is 20.5. The number of hydrogen-bond donors (Lipinski definition) is 1. The predicted octanol–water partition coefficient (Wildman–Crippen LogP) is 5.89. The van der Waals surface area contributed by atoms with Crippen LogP contribution < -0.4 is 19.5 Å². The number of alkyl halides is 2. The largest absolute Gasteiger partial charge is 0.486 e. The number of amides is 1. The highest BCUT2D eigenvalue weighted by atomic mass is 19.3. The molecule has 0 spiro atoms. The second-order valence-electron chi connectivity index (χ2n) is 10.9. The summed E-state index contributed by atoms with van der Waals surface area (Å²) in [5, 5.41) is 7.62. The summed E-state index contributed by atoms with van der Waals surface area (Å²) < 4.78 is 52.2. The number of fused-ring (bicyclic) bond motifs is 2. The third kappa shape index (κ3) is 6.87. The van der Waals surface area contributed by atoms with E-state index in [1.54, 1.807) is 66.3 Å². The zero-order valence-corrected chi connectivity index (χ0v) is 24.3. The fraction of sp³-hybridized carbons (Fsp3) is 0.344. The summed E-state index contributed by atoms with van der Waals surface area (Å²) in [4.78, 5) is 24.6. The van der Waals surface area contributed by atoms with Crippen LogP contribution in [0.25, 0.3) is 16.6 Å². The molecule has 2 heterocycles. The number of halogens is 2. The van der Waals surface area contributed by atoms with Crippen LogP contribution in [0.1, 0.15) is 49.7 Å². The summed E-state index contributed by atoms with van der Waals surface area (Å²) in [6, 6.07) is 16.7. The van der Waals surface area contributed by atoms with Crippen LogP contribution >= 0.6 is 0 Å². The molecule has 43 heavy (non-hydrogen) atoms. The van der Waals surface area contributed by atoms with Gasteiger partial charge in [0.15, 0.2) is 11.5 Å². The molecular formula is C32H33F2N3O6. The van der Waals surface area contributed by atoms with Crippen molar-refractivity contribution in [3.8, 4) is 22.9 Å². The molecule has 5 rings (SSSR count). The van der Waals surface area contributed by atoms with Gasteiger partial charge in [0.25, 0.3) is 5.91 Å². The molecule has 1 aliphatic rings. The summed E-state index contributed by atoms with van der Waals surface area (Å²) in [5.41, 5.74) is 2.45. The topological polar surface area (TPSA) is 101 Å². The van der Waals surface area contributed by atoms with Crippen LogP contribution in [-0.4, -0.2) is 53.4 Å². The monoisotopic (exact) mass is 593 g/mol. The van der Waals surface area contributed by atoms with E-state index < -0.39 is 29.9 Å². The van der Waals surface area contributed by atoms with Crippen LogP contribution in [-0.2, 0) is 9.53 Å². The summed E-state index contributed by atoms with van der Waals surface area (Å²) in [6.45, 7) is 7.20. The van der Waals surface area contributed by atoms with Crippen LogP contribution in [0.4, 0.5) is 8.78 Å². The van der Waals surface area contributed by atoms with E-state index in [4.69, 9.17) is 18.9 Å². The van der Waals surface area contributed by atoms with E-state index in [-0.39, 0.29) is 5.92 Å². The molecule has 226 valence electrons. The van der Waals surface area contributed by atoms with Crippen molar-refractivity contribution in [2.24, 2.45) is 5.92 Å². The molecule has 0 aliphatic carbocycles. The van der Waals surface area contributed by atoms with E-state index in [0.717, 1.165) is 10.9 Å². The normalized spacial score (nSPS) is 14.3. The number of rotatable bonds is 10. The van der Waals surface area contributed by atoms with E-state index in [0.29, 0.717) is 60.8 Å². The fourth-order valence-corrected chi connectivity index (χ4v) is 4.63. The molecule has 0 radical (unpaired) electrons. The number of carbonyl (C=O) groups is 2. The first-order valence-corrected chi connectivity index (χ1v) is 14.0. The summed E-state index contributed by atoms with van der Waals surface area (Å²) >= 11 is 0. The Morgan fingerprint density at radius 3 is 2.53 bits per heavy atom. The van der Waals surface area contributed by atoms with Gasteiger partial charge in [0, 0.05) is 12.3 Å². The third-order valence-corrected chi connectivity index (χ3v) is 6.78. The fourth-order valence-electron chi connectivity index (χ4n) is 4.63. The van der Waals surface area contributed by atoms with Gasteiger partial charge in [-0.25, -0.2) is 9.48 Å². The standard InChI is InChI=1S/C32H33F2N3O6/c1-19(2)18-42-30(38)22-6-5-7-24(14-22)37-26-10-9-25(15-23(26)17-35-37)43-29(20(3)36-31(39)32(4,33)34)21-8-11-27-28(16-21)41-13-12-40-27/h5-11,14-17,19-20,29H,12-13,18H2,1-4H3,(H,36,39)/t20-,29-/m0/s1. The van der Waals surface area contributed by atoms with Crippen LogP contribution in [0.2, 0.25) is 0 Å². The quantitative estimate of drug-likeness (QED) is 0.229. The Balaban J connectivity index is 1.42. The van der Waals surface area contributed by atoms with Gasteiger partial charge in [-0.1, -0.05) is 26.0 Å². The van der Waals surface area contributed by atoms with Crippen LogP contribution in [0.3, 0.4) is 0 Å². The van der Waals surface area contributed by atoms with E-state index >= 15 is 0 Å². The Labute approximate surface area is 247 Å². The minimum absolute atomic E-state index is 0.222. The van der Waals surface area contributed by atoms with Gasteiger partial charge in [0.1, 0.15) is 25.1 Å². The van der Waals surface area contributed by atoms with Gasteiger partial charge in [-0.15, -0.1) is 0 Å². The number of hydrogen-bond acceptors (Lipinski definition) is 7. The molecule has 0 saturated carbocycles. The highest BCUT2D eigenvalue weighted by Crippen LogP contribution is 2.36. The maximum Gasteiger partial charge on any atom is 0.338 e. The minimum atomic E-state index is -3.55. The summed E-state index contributed by atoms with van der Waals surface area (Å²) in [6.07, 6.45) is 0.816. The molecule has 11 heteroatoms. The molecule has 1 N–H and O–H groups in total. The minimum Gasteiger partial charge on any atom is -0.486 e. The number of nitrogens with zero attached hydrogens (tertiary/aromatic N) is 2. The van der Waals surface area contributed by atoms with Crippen molar-refractivity contribution in [1.82, 2.24) is 15.1 Å². The maximum atomic E-state index is 13.7. The van der Waals surface area contributed by atoms with Crippen molar-refractivity contribution in [1.29, 1.82) is 0 Å². The van der Waals surface area contributed by atoms with Gasteiger partial charge < -0.3 is 24.3 Å². The van der Waals surface area contributed by atoms with Crippen LogP contribution in [0, 0.1) is 5.92 Å². The van der Waals surface area contributed by atoms with Crippen molar-refractivity contribution >= 4 is 22.8 Å². The Hall–Kier alpha value is -4.67. The first kappa shape index (κ1) is 29.8. The van der Waals surface area contributed by atoms with E-state index in [1.165, 1.54) is 0 Å². The lowest BCUT2D eigenvalue weighted by atomic mass is 10.0. The average molecular weight is 594 g/mol. The predicted molar refractivity (Wildman–Crippen MR) is 155 cm³/mol. The molecular weight excluding hydrogens is 560 g/mol. The molecule has 4 aromatic rings. The summed E-state index contributed by atoms with van der Waals surface area (Å²) in [7, 11) is 0. The molecule has 9 nitrogen and oxygen atoms in total. The number of esters is 1. The lowest BCUT2D eigenvalue weighted by molar-refractivity contribution is -0.144. The van der Waals surface area contributed by atoms with Gasteiger partial charge in [0.05, 0.1) is 35.6 Å². The molecule has 2 atom stereocenters. The highest BCUT2D eigenvalue weighted by Gasteiger charge is 2.35. The molecule has 3 aromatic carbocycles. The SMILES string of the molecule is CC(C)COC(=O)c1cccc(-n2ncc3cc(O[C@H](c4ccc5c(c4)OCCO5)[C@H](C)NC(=O)C(C)(F)F)ccc32)c1. The number of carbonyl (C=O) groups excluding carboxylic acids is 2. The molecule has 1 amide bonds. The van der Waals surface area contributed by atoms with Crippen molar-refractivity contribution in [2.45, 2.75) is 45.8 Å². The average Bonchev–Trinajstić information content (AvgIpc) is 3.41. The van der Waals surface area contributed by atoms with Gasteiger partial charge in [0.2, 0.25) is 0 Å². The number of nitrogens with one attached hydrogen (secondary N) is 1. The maximum absolute atomic E-state index is 13.7. The first-order valence-electron chi connectivity index (χ1n) is 14.0. The zero-order chi connectivity index (χ0) is 30.7. The smallest absolute Gasteiger partial charge is 0.338 e. The number of ether oxygens (including phenoxy) is 4. The molecule has 1 aromatic heterocycles. The van der Waals surface area contributed by atoms with Crippen LogP contribution in [0.5, 0.6) is 17.2 Å². The van der Waals surface area contributed by atoms with E-state index in [2.05, 4.69) is 10.4 Å². The molecule has 0 bridgehead atoms. The van der Waals surface area contributed by atoms with Crippen molar-refractivity contribution in [3.63, 3.8) is 0 Å². The summed E-state index contributed by atoms with van der Waals surface area (Å²) in [5.74, 6) is -3.64. The third-order valence-electron chi connectivity index (χ3n) is 6.78. The number of benzene rings is 3. The van der Waals surface area contributed by atoms with Gasteiger partial charge in [-0.05, 0) is 66.9 Å². The van der Waals surface area contributed by atoms with Crippen molar-refractivity contribution in [3.05, 3.63) is 78.0 Å².